The average molecular weight is 295 g/mol. The molecule has 0 rings (SSSR count). The van der Waals surface area contributed by atoms with Gasteiger partial charge in [-0.2, -0.15) is 74.0 Å². The van der Waals surface area contributed by atoms with Gasteiger partial charge in [-0.25, -0.2) is 0 Å². The monoisotopic (exact) mass is 294 g/mol. The van der Waals surface area contributed by atoms with Gasteiger partial charge in [-0.1, -0.05) is 0 Å². The minimum Gasteiger partial charge on any atom is -0.179 e. The van der Waals surface area contributed by atoms with E-state index in [4.69, 9.17) is 0 Å². The molecule has 0 aliphatic rings. The SMILES string of the molecule is SCCCSCS.SCCSCS. The molecule has 0 aromatic rings. The van der Waals surface area contributed by atoms with E-state index in [-0.39, 0.29) is 0 Å². The van der Waals surface area contributed by atoms with Crippen LogP contribution in [-0.2, 0) is 0 Å². The minimum absolute atomic E-state index is 0.917. The van der Waals surface area contributed by atoms with Gasteiger partial charge in [0.1, 0.15) is 0 Å². The van der Waals surface area contributed by atoms with Gasteiger partial charge < -0.3 is 0 Å². The minimum atomic E-state index is 0.917. The van der Waals surface area contributed by atoms with E-state index in [1.165, 1.54) is 12.2 Å². The first kappa shape index (κ1) is 17.5. The van der Waals surface area contributed by atoms with Crippen molar-refractivity contribution in [1.29, 1.82) is 0 Å². The van der Waals surface area contributed by atoms with Gasteiger partial charge in [0.05, 0.1) is 0 Å². The zero-order valence-electron chi connectivity index (χ0n) is 7.56. The largest absolute Gasteiger partial charge is 0.179 e. The highest BCUT2D eigenvalue weighted by Gasteiger charge is 1.80. The molecule has 0 aliphatic heterocycles. The van der Waals surface area contributed by atoms with Crippen molar-refractivity contribution in [3.05, 3.63) is 0 Å². The summed E-state index contributed by atoms with van der Waals surface area (Å²) in [5.41, 5.74) is 0. The summed E-state index contributed by atoms with van der Waals surface area (Å²) < 4.78 is 0. The van der Waals surface area contributed by atoms with E-state index in [1.54, 1.807) is 11.8 Å². The van der Waals surface area contributed by atoms with Crippen LogP contribution < -0.4 is 0 Å². The number of thiol groups is 4. The molecule has 13 heavy (non-hydrogen) atoms. The maximum atomic E-state index is 4.06. The van der Waals surface area contributed by atoms with Crippen molar-refractivity contribution in [3.63, 3.8) is 0 Å². The molecule has 0 nitrogen and oxygen atoms in total. The van der Waals surface area contributed by atoms with Crippen LogP contribution in [0.1, 0.15) is 6.42 Å². The fourth-order valence-electron chi connectivity index (χ4n) is 0.360. The molecule has 0 heterocycles. The lowest BCUT2D eigenvalue weighted by molar-refractivity contribution is 1.13. The van der Waals surface area contributed by atoms with Gasteiger partial charge in [0.15, 0.2) is 0 Å². The van der Waals surface area contributed by atoms with Crippen LogP contribution in [-0.4, -0.2) is 33.2 Å². The fourth-order valence-corrected chi connectivity index (χ4v) is 2.63. The van der Waals surface area contributed by atoms with Gasteiger partial charge in [-0.3, -0.25) is 0 Å². The highest BCUT2D eigenvalue weighted by molar-refractivity contribution is 8.09. The Morgan fingerprint density at radius 1 is 0.692 bits per heavy atom. The summed E-state index contributed by atoms with van der Waals surface area (Å²) >= 11 is 19.7. The number of thioether (sulfide) groups is 2. The Kier molecular flexibility index (Phi) is 26.4. The number of rotatable bonds is 7. The standard InChI is InChI=1S/C4H10S3.C3H8S3/c5-2-1-3-7-4-6;4-1-2-6-3-5/h5-6H,1-4H2;4-5H,1-3H2. The molecule has 0 aromatic heterocycles. The molecule has 82 valence electrons. The van der Waals surface area contributed by atoms with Crippen LogP contribution in [0, 0.1) is 0 Å². The highest BCUT2D eigenvalue weighted by Crippen LogP contribution is 2.03. The van der Waals surface area contributed by atoms with Gasteiger partial charge >= 0.3 is 0 Å². The van der Waals surface area contributed by atoms with E-state index >= 15 is 0 Å². The maximum absolute atomic E-state index is 4.06. The molecule has 6 heteroatoms. The van der Waals surface area contributed by atoms with Crippen LogP contribution in [0.3, 0.4) is 0 Å². The Labute approximate surface area is 113 Å². The Balaban J connectivity index is 0. The van der Waals surface area contributed by atoms with E-state index in [0.717, 1.165) is 27.4 Å². The van der Waals surface area contributed by atoms with Crippen LogP contribution in [0.25, 0.3) is 0 Å². The Bertz CT molecular complexity index is 62.0. The third-order valence-corrected chi connectivity index (χ3v) is 4.24. The molecule has 0 unspecified atom stereocenters. The molecule has 0 aliphatic carbocycles. The molecule has 0 spiro atoms. The number of hydrogen-bond donors (Lipinski definition) is 4. The fraction of sp³-hybridized carbons (Fsp3) is 1.00. The van der Waals surface area contributed by atoms with Gasteiger partial charge in [-0.05, 0) is 23.7 Å². The van der Waals surface area contributed by atoms with Crippen LogP contribution >= 0.6 is 74.0 Å². The zero-order chi connectivity index (χ0) is 10.4. The van der Waals surface area contributed by atoms with E-state index in [2.05, 4.69) is 50.5 Å². The van der Waals surface area contributed by atoms with E-state index < -0.39 is 0 Å². The van der Waals surface area contributed by atoms with E-state index in [1.807, 2.05) is 11.8 Å². The van der Waals surface area contributed by atoms with Gasteiger partial charge in [0.25, 0.3) is 0 Å². The topological polar surface area (TPSA) is 0 Å². The van der Waals surface area contributed by atoms with Crippen LogP contribution in [0.4, 0.5) is 0 Å². The molecule has 0 fully saturated rings. The summed E-state index contributed by atoms with van der Waals surface area (Å²) in [7, 11) is 0. The smallest absolute Gasteiger partial charge is 0.0362 e. The summed E-state index contributed by atoms with van der Waals surface area (Å²) in [5, 5.41) is 1.86. The first-order valence-electron chi connectivity index (χ1n) is 3.92. The Morgan fingerprint density at radius 3 is 1.54 bits per heavy atom. The summed E-state index contributed by atoms with van der Waals surface area (Å²) in [6, 6.07) is 0. The molecular formula is C7H18S6. The first-order valence-corrected chi connectivity index (χ1v) is 8.76. The maximum Gasteiger partial charge on any atom is 0.0362 e. The highest BCUT2D eigenvalue weighted by atomic mass is 32.2. The third-order valence-electron chi connectivity index (χ3n) is 0.865. The first-order chi connectivity index (χ1) is 6.33. The van der Waals surface area contributed by atoms with Crippen molar-refractivity contribution in [3.8, 4) is 0 Å². The molecular weight excluding hydrogens is 276 g/mol. The Hall–Kier alpha value is 2.10. The van der Waals surface area contributed by atoms with Crippen molar-refractivity contribution in [1.82, 2.24) is 0 Å². The van der Waals surface area contributed by atoms with Crippen LogP contribution in [0.2, 0.25) is 0 Å². The second-order valence-corrected chi connectivity index (χ2v) is 6.47. The van der Waals surface area contributed by atoms with E-state index in [0.29, 0.717) is 0 Å². The third kappa shape index (κ3) is 24.9. The van der Waals surface area contributed by atoms with Crippen molar-refractivity contribution in [2.45, 2.75) is 6.42 Å². The van der Waals surface area contributed by atoms with Crippen molar-refractivity contribution in [2.75, 3.05) is 33.2 Å². The molecule has 0 aromatic carbocycles. The van der Waals surface area contributed by atoms with Gasteiger partial charge in [0, 0.05) is 15.9 Å². The molecule has 0 N–H and O–H groups in total. The predicted molar refractivity (Wildman–Crippen MR) is 84.9 cm³/mol. The molecule has 0 atom stereocenters. The summed E-state index contributed by atoms with van der Waals surface area (Å²) in [6.45, 7) is 0. The second-order valence-electron chi connectivity index (χ2n) is 1.88. The summed E-state index contributed by atoms with van der Waals surface area (Å²) in [4.78, 5) is 0. The second kappa shape index (κ2) is 19.6. The number of hydrogen-bond acceptors (Lipinski definition) is 6. The zero-order valence-corrected chi connectivity index (χ0v) is 12.8. The summed E-state index contributed by atoms with van der Waals surface area (Å²) in [6.07, 6.45) is 1.20. The quantitative estimate of drug-likeness (QED) is 0.322. The van der Waals surface area contributed by atoms with Crippen molar-refractivity contribution >= 4 is 74.0 Å². The molecule has 0 saturated heterocycles. The van der Waals surface area contributed by atoms with Crippen molar-refractivity contribution in [2.24, 2.45) is 0 Å². The molecule has 0 bridgehead atoms. The summed E-state index contributed by atoms with van der Waals surface area (Å²) in [5.74, 6) is 4.28. The normalized spacial score (nSPS) is 9.23. The van der Waals surface area contributed by atoms with Crippen LogP contribution in [0.5, 0.6) is 0 Å². The lowest BCUT2D eigenvalue weighted by Gasteiger charge is -1.90. The van der Waals surface area contributed by atoms with Crippen molar-refractivity contribution < 1.29 is 0 Å². The van der Waals surface area contributed by atoms with Crippen LogP contribution in [0.15, 0.2) is 0 Å². The lowest BCUT2D eigenvalue weighted by atomic mass is 10.6. The predicted octanol–water partition coefficient (Wildman–Crippen LogP) is 3.46. The Morgan fingerprint density at radius 2 is 1.23 bits per heavy atom. The molecule has 0 amide bonds. The lowest BCUT2D eigenvalue weighted by Crippen LogP contribution is -1.78. The molecule has 0 saturated carbocycles. The van der Waals surface area contributed by atoms with E-state index in [9.17, 15) is 0 Å². The van der Waals surface area contributed by atoms with Gasteiger partial charge in [0.2, 0.25) is 0 Å². The average Bonchev–Trinajstić information content (AvgIpc) is 2.17. The molecule has 0 radical (unpaired) electrons. The van der Waals surface area contributed by atoms with Gasteiger partial charge in [-0.15, -0.1) is 0 Å².